The fourth-order valence-corrected chi connectivity index (χ4v) is 0. The Labute approximate surface area is 52.9 Å². The summed E-state index contributed by atoms with van der Waals surface area (Å²) in [5.41, 5.74) is 0. The van der Waals surface area contributed by atoms with Crippen LogP contribution in [0.1, 0.15) is 0 Å². The van der Waals surface area contributed by atoms with Crippen LogP contribution in [-0.2, 0) is 0 Å². The predicted octanol–water partition coefficient (Wildman–Crippen LogP) is -4.74. The quantitative estimate of drug-likeness (QED) is 0.331. The average Bonchev–Trinajstić information content (AvgIpc) is 0. The number of hydrogen-bond donors (Lipinski definition) is 0. The molecule has 0 aliphatic heterocycles. The van der Waals surface area contributed by atoms with E-state index in [1.54, 1.807) is 0 Å². The van der Waals surface area contributed by atoms with Gasteiger partial charge in [-0.05, 0) is 0 Å². The summed E-state index contributed by atoms with van der Waals surface area (Å²) >= 11 is 0. The molecular weight excluding hydrogens is 171 g/mol. The van der Waals surface area contributed by atoms with Crippen molar-refractivity contribution in [3.63, 3.8) is 0 Å². The van der Waals surface area contributed by atoms with Gasteiger partial charge in [0.2, 0.25) is 0 Å². The summed E-state index contributed by atoms with van der Waals surface area (Å²) in [4.78, 5) is 0. The SMILES string of the molecule is B.B.[AsH3].[AsH3]. The third-order valence-corrected chi connectivity index (χ3v) is 0. The van der Waals surface area contributed by atoms with Crippen molar-refractivity contribution < 1.29 is 0 Å². The normalized spacial score (nSPS) is 0. The molecule has 0 aliphatic carbocycles. The van der Waals surface area contributed by atoms with Gasteiger partial charge < -0.3 is 0 Å². The third kappa shape index (κ3) is 10.5. The molecule has 0 saturated carbocycles. The molecule has 0 aliphatic rings. The minimum atomic E-state index is 0. The van der Waals surface area contributed by atoms with Crippen LogP contribution in [0.2, 0.25) is 0 Å². The van der Waals surface area contributed by atoms with Gasteiger partial charge in [0.15, 0.2) is 0 Å². The first-order valence-electron chi connectivity index (χ1n) is 0. The van der Waals surface area contributed by atoms with Crippen LogP contribution in [0, 0.1) is 0 Å². The molecule has 2 atom stereocenters. The van der Waals surface area contributed by atoms with Crippen molar-refractivity contribution >= 4 is 52.7 Å². The molecule has 0 spiro atoms. The Kier molecular flexibility index (Phi) is 438. The molecule has 0 nitrogen and oxygen atoms in total. The van der Waals surface area contributed by atoms with Crippen molar-refractivity contribution in [1.29, 1.82) is 0 Å². The van der Waals surface area contributed by atoms with Gasteiger partial charge in [-0.2, -0.15) is 0 Å². The van der Waals surface area contributed by atoms with Crippen LogP contribution in [0.3, 0.4) is 0 Å². The summed E-state index contributed by atoms with van der Waals surface area (Å²) in [7, 11) is 0. The molecule has 0 bridgehead atoms. The topological polar surface area (TPSA) is 0 Å². The summed E-state index contributed by atoms with van der Waals surface area (Å²) in [6, 6.07) is 0. The molecule has 0 fully saturated rings. The van der Waals surface area contributed by atoms with Gasteiger partial charge in [-0.25, -0.2) is 0 Å². The fourth-order valence-electron chi connectivity index (χ4n) is 0. The van der Waals surface area contributed by atoms with E-state index in [2.05, 4.69) is 0 Å². The van der Waals surface area contributed by atoms with Crippen LogP contribution in [-0.4, -0.2) is 52.7 Å². The Morgan fingerprint density at radius 1 is 0.500 bits per heavy atom. The number of rotatable bonds is 0. The molecule has 0 saturated heterocycles. The predicted molar refractivity (Wildman–Crippen MR) is 39.8 cm³/mol. The summed E-state index contributed by atoms with van der Waals surface area (Å²) in [6.45, 7) is 0. The van der Waals surface area contributed by atoms with Gasteiger partial charge >= 0.3 is 35.9 Å². The van der Waals surface area contributed by atoms with Crippen LogP contribution in [0.15, 0.2) is 0 Å². The second-order valence-corrected chi connectivity index (χ2v) is 0. The minimum absolute atomic E-state index is 0. The van der Waals surface area contributed by atoms with Crippen LogP contribution in [0.4, 0.5) is 0 Å². The van der Waals surface area contributed by atoms with Gasteiger partial charge in [-0.15, -0.1) is 0 Å². The monoisotopic (exact) mass is 184 g/mol. The maximum atomic E-state index is 0. The van der Waals surface area contributed by atoms with Crippen LogP contribution in [0.25, 0.3) is 0 Å². The Balaban J connectivity index is 0. The molecule has 4 heteroatoms. The molecular formula is H12As2B2. The van der Waals surface area contributed by atoms with E-state index < -0.39 is 0 Å². The van der Waals surface area contributed by atoms with E-state index in [0.717, 1.165) is 0 Å². The van der Waals surface area contributed by atoms with Crippen molar-refractivity contribution in [2.45, 2.75) is 0 Å². The van der Waals surface area contributed by atoms with Crippen LogP contribution < -0.4 is 0 Å². The van der Waals surface area contributed by atoms with E-state index in [-0.39, 0.29) is 52.7 Å². The Morgan fingerprint density at radius 3 is 0.500 bits per heavy atom. The van der Waals surface area contributed by atoms with Crippen molar-refractivity contribution in [2.75, 3.05) is 0 Å². The second-order valence-electron chi connectivity index (χ2n) is 0. The summed E-state index contributed by atoms with van der Waals surface area (Å²) in [6.07, 6.45) is 0. The van der Waals surface area contributed by atoms with Gasteiger partial charge in [-0.3, -0.25) is 0 Å². The molecule has 2 unspecified atom stereocenters. The molecule has 0 N–H and O–H groups in total. The Morgan fingerprint density at radius 2 is 0.500 bits per heavy atom. The Hall–Kier alpha value is 1.25. The second kappa shape index (κ2) is 28.8. The van der Waals surface area contributed by atoms with Crippen molar-refractivity contribution in [3.8, 4) is 0 Å². The molecule has 0 rings (SSSR count). The van der Waals surface area contributed by atoms with E-state index in [9.17, 15) is 0 Å². The number of hydrogen-bond acceptors (Lipinski definition) is 0. The molecule has 4 heavy (non-hydrogen) atoms. The first-order valence-corrected chi connectivity index (χ1v) is 0. The van der Waals surface area contributed by atoms with Gasteiger partial charge in [0.05, 0.1) is 16.8 Å². The molecule has 0 aromatic carbocycles. The van der Waals surface area contributed by atoms with Gasteiger partial charge in [0.1, 0.15) is 0 Å². The summed E-state index contributed by atoms with van der Waals surface area (Å²) in [5, 5.41) is 0. The molecule has 0 aromatic heterocycles. The van der Waals surface area contributed by atoms with E-state index in [1.807, 2.05) is 0 Å². The zero-order valence-electron chi connectivity index (χ0n) is 1.41. The first-order chi connectivity index (χ1) is 0. The van der Waals surface area contributed by atoms with Gasteiger partial charge in [-0.1, -0.05) is 0 Å². The van der Waals surface area contributed by atoms with Gasteiger partial charge in [0.25, 0.3) is 0 Å². The zero-order chi connectivity index (χ0) is 0. The van der Waals surface area contributed by atoms with Crippen molar-refractivity contribution in [3.05, 3.63) is 0 Å². The maximum absolute atomic E-state index is 0. The van der Waals surface area contributed by atoms with Crippen molar-refractivity contribution in [1.82, 2.24) is 0 Å². The molecule has 0 aromatic rings. The fraction of sp³-hybridized carbons (Fsp3) is 0. The van der Waals surface area contributed by atoms with E-state index in [1.165, 1.54) is 0 Å². The molecule has 0 radical (unpaired) electrons. The van der Waals surface area contributed by atoms with E-state index >= 15 is 0 Å². The molecule has 0 heterocycles. The summed E-state index contributed by atoms with van der Waals surface area (Å²) < 4.78 is 0. The summed E-state index contributed by atoms with van der Waals surface area (Å²) in [5.74, 6) is 0. The third-order valence-electron chi connectivity index (χ3n) is 0. The van der Waals surface area contributed by atoms with Crippen LogP contribution in [0.5, 0.6) is 0 Å². The van der Waals surface area contributed by atoms with Crippen molar-refractivity contribution in [2.24, 2.45) is 0 Å². The zero-order valence-corrected chi connectivity index (χ0v) is 7.35. The van der Waals surface area contributed by atoms with Crippen LogP contribution >= 0.6 is 0 Å². The van der Waals surface area contributed by atoms with E-state index in [4.69, 9.17) is 0 Å². The van der Waals surface area contributed by atoms with Gasteiger partial charge in [0, 0.05) is 0 Å². The molecule has 28 valence electrons. The van der Waals surface area contributed by atoms with E-state index in [0.29, 0.717) is 0 Å². The molecule has 0 amide bonds. The standard InChI is InChI=1S/2AsH3.2BH3/h4*1H3. The average molecular weight is 184 g/mol. The first kappa shape index (κ1) is 60.9. The Bertz CT molecular complexity index is 4.00.